The Labute approximate surface area is 97.8 Å². The second-order valence-corrected chi connectivity index (χ2v) is 3.04. The van der Waals surface area contributed by atoms with E-state index in [4.69, 9.17) is 9.84 Å². The van der Waals surface area contributed by atoms with Crippen LogP contribution in [-0.2, 0) is 0 Å². The summed E-state index contributed by atoms with van der Waals surface area (Å²) in [5, 5.41) is 13.0. The van der Waals surface area contributed by atoms with Crippen LogP contribution in [0, 0.1) is 0 Å². The Morgan fingerprint density at radius 3 is 2.76 bits per heavy atom. The number of ether oxygens (including phenoxy) is 1. The van der Waals surface area contributed by atoms with Gasteiger partial charge >= 0.3 is 6.09 Å². The van der Waals surface area contributed by atoms with Gasteiger partial charge in [-0.05, 0) is 12.1 Å². The van der Waals surface area contributed by atoms with Crippen LogP contribution >= 0.6 is 0 Å². The molecule has 0 aromatic carbocycles. The van der Waals surface area contributed by atoms with E-state index in [1.807, 2.05) is 0 Å². The predicted octanol–water partition coefficient (Wildman–Crippen LogP) is 0.0876. The molecule has 3 N–H and O–H groups in total. The molecule has 0 aliphatic rings. The summed E-state index contributed by atoms with van der Waals surface area (Å²) in [6.07, 6.45) is 0.349. The topological polar surface area (TPSA) is 101 Å². The van der Waals surface area contributed by atoms with Crippen LogP contribution in [0.1, 0.15) is 10.5 Å². The van der Waals surface area contributed by atoms with Gasteiger partial charge in [0.15, 0.2) is 5.69 Å². The maximum atomic E-state index is 11.6. The fraction of sp³-hybridized carbons (Fsp3) is 0.300. The van der Waals surface area contributed by atoms with Gasteiger partial charge in [-0.3, -0.25) is 4.79 Å². The third-order valence-corrected chi connectivity index (χ3v) is 1.89. The SMILES string of the molecule is COc1cccnc1C(=O)NCCNC(=O)O. The molecule has 1 heterocycles. The normalized spacial score (nSPS) is 9.47. The molecule has 0 aliphatic heterocycles. The number of hydrogen-bond donors (Lipinski definition) is 3. The lowest BCUT2D eigenvalue weighted by atomic mass is 10.3. The maximum Gasteiger partial charge on any atom is 0.404 e. The summed E-state index contributed by atoms with van der Waals surface area (Å²) in [7, 11) is 1.44. The molecule has 0 unspecified atom stereocenters. The molecule has 1 aromatic rings. The molecule has 0 bridgehead atoms. The van der Waals surface area contributed by atoms with Crippen LogP contribution in [0.15, 0.2) is 18.3 Å². The molecule has 0 spiro atoms. The fourth-order valence-corrected chi connectivity index (χ4v) is 1.15. The zero-order valence-corrected chi connectivity index (χ0v) is 9.27. The second-order valence-electron chi connectivity index (χ2n) is 3.04. The number of pyridine rings is 1. The van der Waals surface area contributed by atoms with Crippen molar-refractivity contribution in [3.05, 3.63) is 24.0 Å². The van der Waals surface area contributed by atoms with Crippen LogP contribution in [0.25, 0.3) is 0 Å². The molecule has 0 aliphatic carbocycles. The lowest BCUT2D eigenvalue weighted by Crippen LogP contribution is -2.34. The van der Waals surface area contributed by atoms with E-state index in [0.29, 0.717) is 5.75 Å². The average Bonchev–Trinajstić information content (AvgIpc) is 2.34. The number of aromatic nitrogens is 1. The van der Waals surface area contributed by atoms with Gasteiger partial charge < -0.3 is 20.5 Å². The molecule has 1 aromatic heterocycles. The minimum absolute atomic E-state index is 0.135. The van der Waals surface area contributed by atoms with Crippen LogP contribution in [0.3, 0.4) is 0 Å². The third kappa shape index (κ3) is 3.98. The highest BCUT2D eigenvalue weighted by Crippen LogP contribution is 2.13. The highest BCUT2D eigenvalue weighted by atomic mass is 16.5. The van der Waals surface area contributed by atoms with Crippen molar-refractivity contribution in [3.63, 3.8) is 0 Å². The van der Waals surface area contributed by atoms with Crippen molar-refractivity contribution in [3.8, 4) is 5.75 Å². The first-order valence-electron chi connectivity index (χ1n) is 4.89. The van der Waals surface area contributed by atoms with Crippen LogP contribution in [-0.4, -0.2) is 42.3 Å². The fourth-order valence-electron chi connectivity index (χ4n) is 1.15. The molecule has 0 fully saturated rings. The molecule has 0 saturated heterocycles. The van der Waals surface area contributed by atoms with Crippen LogP contribution in [0.4, 0.5) is 4.79 Å². The smallest absolute Gasteiger partial charge is 0.404 e. The van der Waals surface area contributed by atoms with Crippen molar-refractivity contribution < 1.29 is 19.4 Å². The van der Waals surface area contributed by atoms with Gasteiger partial charge in [-0.1, -0.05) is 0 Å². The zero-order valence-electron chi connectivity index (χ0n) is 9.27. The van der Waals surface area contributed by atoms with Gasteiger partial charge in [0.2, 0.25) is 0 Å². The number of nitrogens with zero attached hydrogens (tertiary/aromatic N) is 1. The summed E-state index contributed by atoms with van der Waals surface area (Å²) in [6.45, 7) is 0.321. The van der Waals surface area contributed by atoms with Crippen molar-refractivity contribution >= 4 is 12.0 Å². The number of carbonyl (C=O) groups excluding carboxylic acids is 1. The molecule has 0 saturated carbocycles. The largest absolute Gasteiger partial charge is 0.494 e. The van der Waals surface area contributed by atoms with E-state index in [2.05, 4.69) is 15.6 Å². The van der Waals surface area contributed by atoms with Gasteiger partial charge in [0.25, 0.3) is 5.91 Å². The Morgan fingerprint density at radius 1 is 1.41 bits per heavy atom. The van der Waals surface area contributed by atoms with E-state index in [0.717, 1.165) is 0 Å². The summed E-state index contributed by atoms with van der Waals surface area (Å²) in [5.74, 6) is -0.0363. The van der Waals surface area contributed by atoms with Gasteiger partial charge in [-0.15, -0.1) is 0 Å². The second kappa shape index (κ2) is 6.31. The molecular weight excluding hydrogens is 226 g/mol. The minimum Gasteiger partial charge on any atom is -0.494 e. The molecule has 17 heavy (non-hydrogen) atoms. The zero-order chi connectivity index (χ0) is 12.7. The van der Waals surface area contributed by atoms with E-state index in [1.165, 1.54) is 13.3 Å². The number of methoxy groups -OCH3 is 1. The predicted molar refractivity (Wildman–Crippen MR) is 59.1 cm³/mol. The Balaban J connectivity index is 2.49. The van der Waals surface area contributed by atoms with E-state index < -0.39 is 12.0 Å². The molecule has 7 nitrogen and oxygen atoms in total. The summed E-state index contributed by atoms with van der Waals surface area (Å²) >= 11 is 0. The monoisotopic (exact) mass is 239 g/mol. The molecule has 7 heteroatoms. The van der Waals surface area contributed by atoms with Crippen molar-refractivity contribution in [1.82, 2.24) is 15.6 Å². The van der Waals surface area contributed by atoms with Crippen LogP contribution in [0.2, 0.25) is 0 Å². The van der Waals surface area contributed by atoms with Crippen molar-refractivity contribution in [1.29, 1.82) is 0 Å². The van der Waals surface area contributed by atoms with Gasteiger partial charge in [0, 0.05) is 19.3 Å². The van der Waals surface area contributed by atoms with Crippen LogP contribution in [0.5, 0.6) is 5.75 Å². The van der Waals surface area contributed by atoms with Gasteiger partial charge in [-0.25, -0.2) is 9.78 Å². The van der Waals surface area contributed by atoms with Gasteiger partial charge in [-0.2, -0.15) is 0 Å². The summed E-state index contributed by atoms with van der Waals surface area (Å²) in [5.41, 5.74) is 0.172. The highest BCUT2D eigenvalue weighted by Gasteiger charge is 2.12. The molecule has 2 amide bonds. The number of hydrogen-bond acceptors (Lipinski definition) is 4. The molecule has 1 rings (SSSR count). The molecule has 0 radical (unpaired) electrons. The van der Waals surface area contributed by atoms with Crippen molar-refractivity contribution in [2.45, 2.75) is 0 Å². The Kier molecular flexibility index (Phi) is 4.74. The number of amides is 2. The highest BCUT2D eigenvalue weighted by molar-refractivity contribution is 5.94. The first kappa shape index (κ1) is 12.8. The first-order chi connectivity index (χ1) is 8.15. The Morgan fingerprint density at radius 2 is 2.12 bits per heavy atom. The summed E-state index contributed by atoms with van der Waals surface area (Å²) in [4.78, 5) is 25.7. The molecule has 0 atom stereocenters. The van der Waals surface area contributed by atoms with E-state index in [-0.39, 0.29) is 18.8 Å². The third-order valence-electron chi connectivity index (χ3n) is 1.89. The van der Waals surface area contributed by atoms with Crippen molar-refractivity contribution in [2.75, 3.05) is 20.2 Å². The van der Waals surface area contributed by atoms with E-state index in [1.54, 1.807) is 12.1 Å². The first-order valence-corrected chi connectivity index (χ1v) is 4.89. The number of carboxylic acid groups (broad SMARTS) is 1. The summed E-state index contributed by atoms with van der Waals surface area (Å²) in [6, 6.07) is 3.28. The van der Waals surface area contributed by atoms with E-state index in [9.17, 15) is 9.59 Å². The maximum absolute atomic E-state index is 11.6. The quantitative estimate of drug-likeness (QED) is 0.632. The van der Waals surface area contributed by atoms with Crippen LogP contribution < -0.4 is 15.4 Å². The minimum atomic E-state index is -1.13. The standard InChI is InChI=1S/C10H13N3O4/c1-17-7-3-2-4-11-8(7)9(14)12-5-6-13-10(15)16/h2-4,13H,5-6H2,1H3,(H,12,14)(H,15,16). The van der Waals surface area contributed by atoms with E-state index >= 15 is 0 Å². The molecule has 92 valence electrons. The lowest BCUT2D eigenvalue weighted by Gasteiger charge is -2.07. The summed E-state index contributed by atoms with van der Waals surface area (Å²) < 4.78 is 4.98. The Hall–Kier alpha value is -2.31. The lowest BCUT2D eigenvalue weighted by molar-refractivity contribution is 0.0945. The number of carbonyl (C=O) groups is 2. The van der Waals surface area contributed by atoms with Gasteiger partial charge in [0.1, 0.15) is 5.75 Å². The average molecular weight is 239 g/mol. The molecular formula is C10H13N3O4. The van der Waals surface area contributed by atoms with Gasteiger partial charge in [0.05, 0.1) is 7.11 Å². The Bertz CT molecular complexity index is 408. The van der Waals surface area contributed by atoms with Crippen molar-refractivity contribution in [2.24, 2.45) is 0 Å². The number of nitrogens with one attached hydrogen (secondary N) is 2. The number of rotatable bonds is 5.